The van der Waals surface area contributed by atoms with Crippen LogP contribution in [0.3, 0.4) is 0 Å². The zero-order chi connectivity index (χ0) is 27.4. The maximum atomic E-state index is 14.9. The van der Waals surface area contributed by atoms with Crippen LogP contribution in [0.4, 0.5) is 27.8 Å². The van der Waals surface area contributed by atoms with Gasteiger partial charge in [-0.1, -0.05) is 6.58 Å². The Bertz CT molecular complexity index is 1510. The number of hydrogen-bond acceptors (Lipinski definition) is 6. The highest BCUT2D eigenvalue weighted by Gasteiger charge is 2.39. The van der Waals surface area contributed by atoms with Crippen LogP contribution in [-0.4, -0.2) is 58.3 Å². The summed E-state index contributed by atoms with van der Waals surface area (Å²) in [7, 11) is 0. The lowest BCUT2D eigenvalue weighted by atomic mass is 9.95. The van der Waals surface area contributed by atoms with Crippen LogP contribution in [0.2, 0.25) is 0 Å². The second kappa shape index (κ2) is 9.70. The lowest BCUT2D eigenvalue weighted by Gasteiger charge is -2.35. The van der Waals surface area contributed by atoms with Gasteiger partial charge in [-0.15, -0.1) is 11.8 Å². The molecule has 1 unspecified atom stereocenters. The molecule has 0 bridgehead atoms. The van der Waals surface area contributed by atoms with Gasteiger partial charge >= 0.3 is 11.9 Å². The average molecular weight is 552 g/mol. The fourth-order valence-corrected chi connectivity index (χ4v) is 6.08. The van der Waals surface area contributed by atoms with Gasteiger partial charge in [0.05, 0.1) is 11.1 Å². The molecule has 3 heterocycles. The number of carbonyl (C=O) groups excluding carboxylic acids is 1. The molecule has 1 amide bonds. The van der Waals surface area contributed by atoms with E-state index in [1.807, 2.05) is 0 Å². The van der Waals surface area contributed by atoms with Crippen molar-refractivity contribution in [3.8, 4) is 11.1 Å². The molecule has 200 valence electrons. The first kappa shape index (κ1) is 26.2. The molecule has 3 aromatic rings. The summed E-state index contributed by atoms with van der Waals surface area (Å²) in [5.41, 5.74) is 3.55. The summed E-state index contributed by atoms with van der Waals surface area (Å²) in [5.74, 6) is -2.17. The molecule has 2 N–H and O–H groups in total. The van der Waals surface area contributed by atoms with Crippen LogP contribution in [0.5, 0.6) is 0 Å². The number of rotatable bonds is 3. The topological polar surface area (TPSA) is 84.5 Å². The SMILES string of the molecule is C=CC(=O)N1CCN(c2nc(=O)n3c4c(c(-c5ccc(F)cc5F)c(C(F)(F)F)cc24)SCC(N)C3)CC1. The smallest absolute Gasteiger partial charge is 0.352 e. The minimum atomic E-state index is -4.91. The summed E-state index contributed by atoms with van der Waals surface area (Å²) in [4.78, 5) is 32.6. The van der Waals surface area contributed by atoms with E-state index in [2.05, 4.69) is 11.6 Å². The van der Waals surface area contributed by atoms with Crippen molar-refractivity contribution in [2.75, 3.05) is 36.8 Å². The number of thioether (sulfide) groups is 1. The van der Waals surface area contributed by atoms with E-state index in [0.717, 1.165) is 30.0 Å². The molecule has 38 heavy (non-hydrogen) atoms. The number of halogens is 5. The lowest BCUT2D eigenvalue weighted by molar-refractivity contribution is -0.137. The fraction of sp³-hybridized carbons (Fsp3) is 0.320. The summed E-state index contributed by atoms with van der Waals surface area (Å²) in [6, 6.07) is 2.65. The maximum Gasteiger partial charge on any atom is 0.417 e. The second-order valence-electron chi connectivity index (χ2n) is 9.06. The van der Waals surface area contributed by atoms with E-state index in [0.29, 0.717) is 6.07 Å². The first-order chi connectivity index (χ1) is 18.0. The molecule has 0 spiro atoms. The van der Waals surface area contributed by atoms with E-state index in [4.69, 9.17) is 5.73 Å². The van der Waals surface area contributed by atoms with Crippen molar-refractivity contribution in [1.82, 2.24) is 14.5 Å². The molecule has 0 radical (unpaired) electrons. The van der Waals surface area contributed by atoms with Crippen molar-refractivity contribution in [2.24, 2.45) is 5.73 Å². The summed E-state index contributed by atoms with van der Waals surface area (Å²) >= 11 is 0.991. The lowest BCUT2D eigenvalue weighted by Crippen LogP contribution is -2.49. The molecule has 0 aliphatic carbocycles. The van der Waals surface area contributed by atoms with Gasteiger partial charge in [-0.25, -0.2) is 13.6 Å². The van der Waals surface area contributed by atoms with Crippen LogP contribution >= 0.6 is 11.8 Å². The highest BCUT2D eigenvalue weighted by molar-refractivity contribution is 7.99. The van der Waals surface area contributed by atoms with Gasteiger partial charge in [0.1, 0.15) is 17.5 Å². The van der Waals surface area contributed by atoms with Crippen LogP contribution in [0, 0.1) is 11.6 Å². The standard InChI is InChI=1S/C25H22F5N5O2S/c1-2-19(36)33-5-7-34(8-6-33)23-16-10-17(25(28,29)30)20(15-4-3-13(26)9-18(15)27)22-21(16)35(24(37)32-23)11-14(31)12-38-22/h2-4,9-10,14H,1,5-8,11-12,31H2. The Kier molecular flexibility index (Phi) is 6.68. The molecule has 1 aromatic heterocycles. The molecule has 7 nitrogen and oxygen atoms in total. The molecule has 2 aromatic carbocycles. The molecule has 1 fully saturated rings. The first-order valence-corrected chi connectivity index (χ1v) is 12.7. The van der Waals surface area contributed by atoms with Crippen molar-refractivity contribution in [1.29, 1.82) is 0 Å². The zero-order valence-electron chi connectivity index (χ0n) is 19.9. The molecule has 2 aliphatic heterocycles. The summed E-state index contributed by atoms with van der Waals surface area (Å²) < 4.78 is 73.4. The highest BCUT2D eigenvalue weighted by atomic mass is 32.2. The zero-order valence-corrected chi connectivity index (χ0v) is 20.7. The summed E-state index contributed by atoms with van der Waals surface area (Å²) in [6.07, 6.45) is -3.73. The van der Waals surface area contributed by atoms with E-state index in [9.17, 15) is 31.5 Å². The number of carbonyl (C=O) groups is 1. The number of alkyl halides is 3. The molecule has 0 saturated carbocycles. The van der Waals surface area contributed by atoms with Crippen molar-refractivity contribution in [3.63, 3.8) is 0 Å². The van der Waals surface area contributed by atoms with Gasteiger partial charge in [-0.2, -0.15) is 18.2 Å². The number of piperazine rings is 1. The van der Waals surface area contributed by atoms with Gasteiger partial charge in [-0.3, -0.25) is 9.36 Å². The van der Waals surface area contributed by atoms with Crippen molar-refractivity contribution in [2.45, 2.75) is 23.7 Å². The Hall–Kier alpha value is -3.45. The fourth-order valence-electron chi connectivity index (χ4n) is 4.87. The predicted molar refractivity (Wildman–Crippen MR) is 134 cm³/mol. The van der Waals surface area contributed by atoms with E-state index in [1.54, 1.807) is 4.90 Å². The molecule has 1 atom stereocenters. The Balaban J connectivity index is 1.81. The van der Waals surface area contributed by atoms with Crippen molar-refractivity contribution >= 4 is 34.4 Å². The van der Waals surface area contributed by atoms with E-state index in [1.165, 1.54) is 15.5 Å². The third-order valence-corrected chi connectivity index (χ3v) is 7.91. The largest absolute Gasteiger partial charge is 0.417 e. The number of anilines is 1. The van der Waals surface area contributed by atoms with Crippen LogP contribution in [-0.2, 0) is 17.5 Å². The monoisotopic (exact) mass is 551 g/mol. The number of benzene rings is 2. The third kappa shape index (κ3) is 4.53. The van der Waals surface area contributed by atoms with Crippen molar-refractivity contribution in [3.05, 3.63) is 64.6 Å². The first-order valence-electron chi connectivity index (χ1n) is 11.7. The molecule has 13 heteroatoms. The minimum absolute atomic E-state index is 0.000925. The normalized spacial score (nSPS) is 18.0. The van der Waals surface area contributed by atoms with Gasteiger partial charge in [0.15, 0.2) is 0 Å². The molecular weight excluding hydrogens is 529 g/mol. The van der Waals surface area contributed by atoms with Gasteiger partial charge in [0.25, 0.3) is 0 Å². The number of nitrogens with zero attached hydrogens (tertiary/aromatic N) is 4. The summed E-state index contributed by atoms with van der Waals surface area (Å²) in [6.45, 7) is 4.43. The number of amides is 1. The average Bonchev–Trinajstić information content (AvgIpc) is 3.05. The van der Waals surface area contributed by atoms with E-state index < -0.39 is 46.2 Å². The molecule has 5 rings (SSSR count). The van der Waals surface area contributed by atoms with Gasteiger partial charge in [-0.05, 0) is 24.3 Å². The number of hydrogen-bond donors (Lipinski definition) is 1. The molecule has 2 aliphatic rings. The number of aromatic nitrogens is 2. The Labute approximate surface area is 217 Å². The second-order valence-corrected chi connectivity index (χ2v) is 10.1. The third-order valence-electron chi connectivity index (χ3n) is 6.63. The highest BCUT2D eigenvalue weighted by Crippen LogP contribution is 2.48. The van der Waals surface area contributed by atoms with E-state index in [-0.39, 0.29) is 66.0 Å². The van der Waals surface area contributed by atoms with Crippen molar-refractivity contribution < 1.29 is 26.7 Å². The van der Waals surface area contributed by atoms with Gasteiger partial charge in [0, 0.05) is 72.0 Å². The van der Waals surface area contributed by atoms with Crippen LogP contribution in [0.25, 0.3) is 22.0 Å². The summed E-state index contributed by atoms with van der Waals surface area (Å²) in [5, 5.41) is 0.0586. The number of nitrogens with two attached hydrogens (primary N) is 1. The predicted octanol–water partition coefficient (Wildman–Crippen LogP) is 3.63. The van der Waals surface area contributed by atoms with Crippen LogP contribution in [0.15, 0.2) is 46.6 Å². The minimum Gasteiger partial charge on any atom is -0.352 e. The maximum absolute atomic E-state index is 14.9. The van der Waals surface area contributed by atoms with Crippen LogP contribution in [0.1, 0.15) is 5.56 Å². The molecular formula is C25H22F5N5O2S. The van der Waals surface area contributed by atoms with E-state index >= 15 is 0 Å². The van der Waals surface area contributed by atoms with Gasteiger partial charge < -0.3 is 15.5 Å². The Morgan fingerprint density at radius 3 is 2.50 bits per heavy atom. The quantitative estimate of drug-likeness (QED) is 0.396. The Morgan fingerprint density at radius 1 is 1.16 bits per heavy atom. The van der Waals surface area contributed by atoms with Gasteiger partial charge in [0.2, 0.25) is 5.91 Å². The Morgan fingerprint density at radius 2 is 1.87 bits per heavy atom. The molecule has 1 saturated heterocycles. The van der Waals surface area contributed by atoms with Crippen LogP contribution < -0.4 is 16.3 Å².